The quantitative estimate of drug-likeness (QED) is 0.871. The molecule has 2 heterocycles. The number of anilines is 1. The van der Waals surface area contributed by atoms with E-state index in [-0.39, 0.29) is 6.10 Å². The first-order chi connectivity index (χ1) is 9.24. The Kier molecular flexibility index (Phi) is 3.57. The fraction of sp³-hybridized carbons (Fsp3) is 0.231. The zero-order valence-corrected chi connectivity index (χ0v) is 12.3. The fourth-order valence-corrected chi connectivity index (χ4v) is 2.53. The number of fused-ring (bicyclic) bond motifs is 1. The molecule has 0 amide bonds. The minimum absolute atomic E-state index is 0.109. The standard InChI is InChI=1S/C13H11BrClN3O/c14-11-12(15)17-7-18-13(11)16-6-9-5-8-3-1-2-4-10(8)19-9/h1-4,7,9H,5-6H2,(H,16,17,18). The summed E-state index contributed by atoms with van der Waals surface area (Å²) in [6.45, 7) is 0.667. The SMILES string of the molecule is Clc1ncnc(NCC2Cc3ccccc3O2)c1Br. The summed E-state index contributed by atoms with van der Waals surface area (Å²) < 4.78 is 6.52. The Hall–Kier alpha value is -1.33. The first-order valence-electron chi connectivity index (χ1n) is 5.88. The number of rotatable bonds is 3. The Balaban J connectivity index is 1.64. The van der Waals surface area contributed by atoms with Crippen molar-refractivity contribution in [1.82, 2.24) is 9.97 Å². The van der Waals surface area contributed by atoms with E-state index in [4.69, 9.17) is 16.3 Å². The van der Waals surface area contributed by atoms with Gasteiger partial charge in [-0.1, -0.05) is 29.8 Å². The van der Waals surface area contributed by atoms with Crippen LogP contribution >= 0.6 is 27.5 Å². The summed E-state index contributed by atoms with van der Waals surface area (Å²) >= 11 is 9.27. The lowest BCUT2D eigenvalue weighted by atomic mass is 10.1. The summed E-state index contributed by atoms with van der Waals surface area (Å²) in [6, 6.07) is 8.09. The van der Waals surface area contributed by atoms with Crippen LogP contribution in [-0.2, 0) is 6.42 Å². The lowest BCUT2D eigenvalue weighted by molar-refractivity contribution is 0.246. The van der Waals surface area contributed by atoms with E-state index in [2.05, 4.69) is 37.3 Å². The maximum atomic E-state index is 5.91. The molecule has 1 atom stereocenters. The van der Waals surface area contributed by atoms with Gasteiger partial charge in [0.05, 0.1) is 11.0 Å². The molecule has 0 radical (unpaired) electrons. The van der Waals surface area contributed by atoms with E-state index in [1.807, 2.05) is 18.2 Å². The molecule has 0 saturated heterocycles. The predicted octanol–water partition coefficient (Wildman–Crippen LogP) is 3.31. The average molecular weight is 341 g/mol. The molecule has 1 aliphatic rings. The number of nitrogens with one attached hydrogen (secondary N) is 1. The van der Waals surface area contributed by atoms with Crippen molar-refractivity contribution in [3.8, 4) is 5.75 Å². The van der Waals surface area contributed by atoms with Crippen LogP contribution in [0.3, 0.4) is 0 Å². The van der Waals surface area contributed by atoms with Crippen molar-refractivity contribution in [3.63, 3.8) is 0 Å². The van der Waals surface area contributed by atoms with Gasteiger partial charge in [-0.05, 0) is 27.6 Å². The van der Waals surface area contributed by atoms with E-state index >= 15 is 0 Å². The van der Waals surface area contributed by atoms with Gasteiger partial charge in [0.2, 0.25) is 0 Å². The molecule has 1 unspecified atom stereocenters. The molecule has 3 rings (SSSR count). The monoisotopic (exact) mass is 339 g/mol. The molecule has 1 aliphatic heterocycles. The normalized spacial score (nSPS) is 16.8. The van der Waals surface area contributed by atoms with Gasteiger partial charge in [0.15, 0.2) is 0 Å². The van der Waals surface area contributed by atoms with Crippen LogP contribution in [-0.4, -0.2) is 22.6 Å². The van der Waals surface area contributed by atoms with Gasteiger partial charge in [-0.2, -0.15) is 0 Å². The Labute approximate surface area is 124 Å². The smallest absolute Gasteiger partial charge is 0.148 e. The van der Waals surface area contributed by atoms with Gasteiger partial charge >= 0.3 is 0 Å². The number of hydrogen-bond acceptors (Lipinski definition) is 4. The molecule has 98 valence electrons. The summed E-state index contributed by atoms with van der Waals surface area (Å²) in [5.41, 5.74) is 1.24. The third-order valence-corrected chi connectivity index (χ3v) is 4.22. The Morgan fingerprint density at radius 2 is 2.21 bits per heavy atom. The highest BCUT2D eigenvalue weighted by atomic mass is 79.9. The Bertz CT molecular complexity index is 583. The van der Waals surface area contributed by atoms with E-state index in [0.717, 1.165) is 12.2 Å². The second kappa shape index (κ2) is 5.35. The van der Waals surface area contributed by atoms with Gasteiger partial charge in [0.25, 0.3) is 0 Å². The molecule has 19 heavy (non-hydrogen) atoms. The van der Waals surface area contributed by atoms with Gasteiger partial charge in [0, 0.05) is 6.42 Å². The summed E-state index contributed by atoms with van der Waals surface area (Å²) in [4.78, 5) is 8.03. The zero-order chi connectivity index (χ0) is 13.2. The van der Waals surface area contributed by atoms with E-state index in [9.17, 15) is 0 Å². The predicted molar refractivity (Wildman–Crippen MR) is 77.8 cm³/mol. The molecule has 0 fully saturated rings. The van der Waals surface area contributed by atoms with Crippen LogP contribution in [0.5, 0.6) is 5.75 Å². The number of aromatic nitrogens is 2. The molecule has 0 aliphatic carbocycles. The molecule has 0 bridgehead atoms. The number of hydrogen-bond donors (Lipinski definition) is 1. The van der Waals surface area contributed by atoms with Crippen LogP contribution in [0.15, 0.2) is 35.1 Å². The molecular weight excluding hydrogens is 330 g/mol. The molecule has 2 aromatic rings. The molecule has 1 aromatic carbocycles. The number of para-hydroxylation sites is 1. The van der Waals surface area contributed by atoms with Crippen LogP contribution in [0, 0.1) is 0 Å². The van der Waals surface area contributed by atoms with Crippen molar-refractivity contribution in [2.24, 2.45) is 0 Å². The summed E-state index contributed by atoms with van der Waals surface area (Å²) in [5, 5.41) is 3.62. The summed E-state index contributed by atoms with van der Waals surface area (Å²) in [7, 11) is 0. The first kappa shape index (κ1) is 12.7. The second-order valence-electron chi connectivity index (χ2n) is 4.26. The third-order valence-electron chi connectivity index (χ3n) is 2.96. The number of nitrogens with zero attached hydrogens (tertiary/aromatic N) is 2. The van der Waals surface area contributed by atoms with E-state index < -0.39 is 0 Å². The van der Waals surface area contributed by atoms with Gasteiger partial charge in [-0.15, -0.1) is 0 Å². The lowest BCUT2D eigenvalue weighted by Gasteiger charge is -2.13. The fourth-order valence-electron chi connectivity index (χ4n) is 2.05. The largest absolute Gasteiger partial charge is 0.488 e. The van der Waals surface area contributed by atoms with Crippen LogP contribution < -0.4 is 10.1 Å². The van der Waals surface area contributed by atoms with E-state index in [0.29, 0.717) is 22.0 Å². The Morgan fingerprint density at radius 3 is 3.05 bits per heavy atom. The van der Waals surface area contributed by atoms with Crippen LogP contribution in [0.25, 0.3) is 0 Å². The molecule has 1 N–H and O–H groups in total. The molecular formula is C13H11BrClN3O. The topological polar surface area (TPSA) is 47.0 Å². The highest BCUT2D eigenvalue weighted by molar-refractivity contribution is 9.10. The van der Waals surface area contributed by atoms with Crippen LogP contribution in [0.1, 0.15) is 5.56 Å². The average Bonchev–Trinajstić information content (AvgIpc) is 2.83. The number of halogens is 2. The maximum Gasteiger partial charge on any atom is 0.148 e. The van der Waals surface area contributed by atoms with Crippen molar-refractivity contribution in [3.05, 3.63) is 45.8 Å². The minimum Gasteiger partial charge on any atom is -0.488 e. The van der Waals surface area contributed by atoms with Crippen LogP contribution in [0.2, 0.25) is 5.15 Å². The van der Waals surface area contributed by atoms with E-state index in [1.54, 1.807) is 0 Å². The molecule has 0 saturated carbocycles. The Morgan fingerprint density at radius 1 is 1.37 bits per heavy atom. The summed E-state index contributed by atoms with van der Waals surface area (Å²) in [5.74, 6) is 1.65. The highest BCUT2D eigenvalue weighted by Crippen LogP contribution is 2.29. The van der Waals surface area contributed by atoms with Gasteiger partial charge in [-0.25, -0.2) is 9.97 Å². The van der Waals surface area contributed by atoms with Crippen molar-refractivity contribution < 1.29 is 4.74 Å². The maximum absolute atomic E-state index is 5.91. The van der Waals surface area contributed by atoms with Crippen molar-refractivity contribution in [2.45, 2.75) is 12.5 Å². The third kappa shape index (κ3) is 2.67. The summed E-state index contributed by atoms with van der Waals surface area (Å²) in [6.07, 6.45) is 2.44. The van der Waals surface area contributed by atoms with Crippen molar-refractivity contribution >= 4 is 33.3 Å². The molecule has 0 spiro atoms. The van der Waals surface area contributed by atoms with Gasteiger partial charge < -0.3 is 10.1 Å². The molecule has 1 aromatic heterocycles. The molecule has 6 heteroatoms. The lowest BCUT2D eigenvalue weighted by Crippen LogP contribution is -2.24. The van der Waals surface area contributed by atoms with Crippen LogP contribution in [0.4, 0.5) is 5.82 Å². The highest BCUT2D eigenvalue weighted by Gasteiger charge is 2.22. The number of ether oxygens (including phenoxy) is 1. The second-order valence-corrected chi connectivity index (χ2v) is 5.41. The van der Waals surface area contributed by atoms with Crippen molar-refractivity contribution in [2.75, 3.05) is 11.9 Å². The number of benzene rings is 1. The van der Waals surface area contributed by atoms with Gasteiger partial charge in [-0.3, -0.25) is 0 Å². The zero-order valence-electron chi connectivity index (χ0n) is 9.94. The molecule has 4 nitrogen and oxygen atoms in total. The van der Waals surface area contributed by atoms with Crippen molar-refractivity contribution in [1.29, 1.82) is 0 Å². The first-order valence-corrected chi connectivity index (χ1v) is 7.05. The van der Waals surface area contributed by atoms with E-state index in [1.165, 1.54) is 11.9 Å². The minimum atomic E-state index is 0.109. The van der Waals surface area contributed by atoms with Gasteiger partial charge in [0.1, 0.15) is 29.2 Å².